The van der Waals surface area contributed by atoms with Crippen LogP contribution in [0.15, 0.2) is 6.07 Å². The second kappa shape index (κ2) is 2.70. The Morgan fingerprint density at radius 2 is 2.23 bits per heavy atom. The minimum absolute atomic E-state index is 0.169. The maximum Gasteiger partial charge on any atom is 0.151 e. The van der Waals surface area contributed by atoms with Crippen molar-refractivity contribution in [3.05, 3.63) is 28.6 Å². The molecule has 3 heteroatoms. The summed E-state index contributed by atoms with van der Waals surface area (Å²) in [5.41, 5.74) is 14.3. The highest BCUT2D eigenvalue weighted by Gasteiger charge is 2.25. The highest BCUT2D eigenvalue weighted by atomic mass is 19.1. The largest absolute Gasteiger partial charge is 0.396 e. The first kappa shape index (κ1) is 8.51. The van der Waals surface area contributed by atoms with Gasteiger partial charge in [-0.25, -0.2) is 4.39 Å². The standard InChI is InChI=1S/C10H13FN2/c1-5-4-8(13)10(11)9-6(5)2-3-7(9)12/h4,7H,2-3,12-13H2,1H3/t7-/m1/s1. The first-order valence-corrected chi connectivity index (χ1v) is 4.44. The smallest absolute Gasteiger partial charge is 0.151 e. The van der Waals surface area contributed by atoms with Crippen LogP contribution in [0.4, 0.5) is 10.1 Å². The van der Waals surface area contributed by atoms with Crippen molar-refractivity contribution < 1.29 is 4.39 Å². The molecule has 0 aromatic heterocycles. The van der Waals surface area contributed by atoms with E-state index in [0.717, 1.165) is 24.0 Å². The van der Waals surface area contributed by atoms with Crippen molar-refractivity contribution in [1.82, 2.24) is 0 Å². The fourth-order valence-corrected chi connectivity index (χ4v) is 2.05. The van der Waals surface area contributed by atoms with Gasteiger partial charge in [0, 0.05) is 11.6 Å². The average molecular weight is 180 g/mol. The number of nitrogens with two attached hydrogens (primary N) is 2. The molecule has 1 aromatic rings. The van der Waals surface area contributed by atoms with Crippen LogP contribution in [0.5, 0.6) is 0 Å². The quantitative estimate of drug-likeness (QED) is 0.596. The molecule has 0 amide bonds. The minimum Gasteiger partial charge on any atom is -0.396 e. The van der Waals surface area contributed by atoms with Gasteiger partial charge >= 0.3 is 0 Å². The highest BCUT2D eigenvalue weighted by molar-refractivity contribution is 5.53. The van der Waals surface area contributed by atoms with E-state index in [1.54, 1.807) is 6.07 Å². The van der Waals surface area contributed by atoms with Gasteiger partial charge in [0.1, 0.15) is 0 Å². The molecule has 1 aliphatic carbocycles. The van der Waals surface area contributed by atoms with E-state index in [2.05, 4.69) is 0 Å². The summed E-state index contributed by atoms with van der Waals surface area (Å²) in [4.78, 5) is 0. The lowest BCUT2D eigenvalue weighted by Crippen LogP contribution is -2.09. The Kier molecular flexibility index (Phi) is 1.77. The van der Waals surface area contributed by atoms with Gasteiger partial charge in [-0.2, -0.15) is 0 Å². The highest BCUT2D eigenvalue weighted by Crippen LogP contribution is 2.35. The summed E-state index contributed by atoms with van der Waals surface area (Å²) >= 11 is 0. The first-order valence-electron chi connectivity index (χ1n) is 4.44. The van der Waals surface area contributed by atoms with Crippen LogP contribution in [-0.4, -0.2) is 0 Å². The van der Waals surface area contributed by atoms with Gasteiger partial charge in [-0.05, 0) is 37.0 Å². The molecule has 0 heterocycles. The molecular weight excluding hydrogens is 167 g/mol. The van der Waals surface area contributed by atoms with E-state index in [-0.39, 0.29) is 17.5 Å². The molecule has 2 rings (SSSR count). The Labute approximate surface area is 76.7 Å². The lowest BCUT2D eigenvalue weighted by atomic mass is 10.0. The van der Waals surface area contributed by atoms with Gasteiger partial charge < -0.3 is 11.5 Å². The summed E-state index contributed by atoms with van der Waals surface area (Å²) in [5, 5.41) is 0. The summed E-state index contributed by atoms with van der Waals surface area (Å²) in [6, 6.07) is 1.52. The van der Waals surface area contributed by atoms with Gasteiger partial charge in [-0.1, -0.05) is 0 Å². The molecule has 0 saturated carbocycles. The Bertz CT molecular complexity index is 360. The molecule has 2 nitrogen and oxygen atoms in total. The van der Waals surface area contributed by atoms with Crippen LogP contribution in [0, 0.1) is 12.7 Å². The number of hydrogen-bond acceptors (Lipinski definition) is 2. The Morgan fingerprint density at radius 1 is 1.54 bits per heavy atom. The number of anilines is 1. The molecule has 0 fully saturated rings. The van der Waals surface area contributed by atoms with Crippen molar-refractivity contribution in [1.29, 1.82) is 0 Å². The molecule has 0 bridgehead atoms. The van der Waals surface area contributed by atoms with Crippen LogP contribution in [0.1, 0.15) is 29.2 Å². The molecule has 4 N–H and O–H groups in total. The van der Waals surface area contributed by atoms with Crippen LogP contribution < -0.4 is 11.5 Å². The van der Waals surface area contributed by atoms with Crippen LogP contribution in [0.2, 0.25) is 0 Å². The zero-order chi connectivity index (χ0) is 9.59. The van der Waals surface area contributed by atoms with Gasteiger partial charge in [0.25, 0.3) is 0 Å². The average Bonchev–Trinajstić information content (AvgIpc) is 2.44. The lowest BCUT2D eigenvalue weighted by Gasteiger charge is -2.10. The van der Waals surface area contributed by atoms with Gasteiger partial charge in [0.2, 0.25) is 0 Å². The van der Waals surface area contributed by atoms with Crippen LogP contribution in [-0.2, 0) is 6.42 Å². The number of nitrogen functional groups attached to an aromatic ring is 1. The van der Waals surface area contributed by atoms with Crippen molar-refractivity contribution in [2.75, 3.05) is 5.73 Å². The molecule has 70 valence electrons. The number of hydrogen-bond donors (Lipinski definition) is 2. The van der Waals surface area contributed by atoms with Crippen molar-refractivity contribution in [2.24, 2.45) is 5.73 Å². The third kappa shape index (κ3) is 1.11. The maximum atomic E-state index is 13.5. The lowest BCUT2D eigenvalue weighted by molar-refractivity contribution is 0.592. The third-order valence-corrected chi connectivity index (χ3v) is 2.74. The van der Waals surface area contributed by atoms with Gasteiger partial charge in [0.15, 0.2) is 5.82 Å². The van der Waals surface area contributed by atoms with E-state index in [9.17, 15) is 4.39 Å². The zero-order valence-electron chi connectivity index (χ0n) is 7.60. The molecule has 13 heavy (non-hydrogen) atoms. The van der Waals surface area contributed by atoms with Crippen LogP contribution >= 0.6 is 0 Å². The second-order valence-electron chi connectivity index (χ2n) is 3.63. The second-order valence-corrected chi connectivity index (χ2v) is 3.63. The number of aryl methyl sites for hydroxylation is 1. The monoisotopic (exact) mass is 180 g/mol. The van der Waals surface area contributed by atoms with Crippen molar-refractivity contribution in [2.45, 2.75) is 25.8 Å². The summed E-state index contributed by atoms with van der Waals surface area (Å²) < 4.78 is 13.5. The third-order valence-electron chi connectivity index (χ3n) is 2.74. The molecule has 0 saturated heterocycles. The van der Waals surface area contributed by atoms with Gasteiger partial charge in [0.05, 0.1) is 5.69 Å². The predicted octanol–water partition coefficient (Wildman–Crippen LogP) is 1.66. The number of rotatable bonds is 0. The fourth-order valence-electron chi connectivity index (χ4n) is 2.05. The van der Waals surface area contributed by atoms with E-state index in [0.29, 0.717) is 5.56 Å². The first-order chi connectivity index (χ1) is 6.11. The molecule has 0 unspecified atom stereocenters. The van der Waals surface area contributed by atoms with E-state index in [4.69, 9.17) is 11.5 Å². The topological polar surface area (TPSA) is 52.0 Å². The summed E-state index contributed by atoms with van der Waals surface area (Å²) in [5.74, 6) is -0.314. The Balaban J connectivity index is 2.70. The summed E-state index contributed by atoms with van der Waals surface area (Å²) in [7, 11) is 0. The molecule has 0 spiro atoms. The fraction of sp³-hybridized carbons (Fsp3) is 0.400. The van der Waals surface area contributed by atoms with E-state index in [1.165, 1.54) is 0 Å². The van der Waals surface area contributed by atoms with Gasteiger partial charge in [-0.3, -0.25) is 0 Å². The number of benzene rings is 1. The van der Waals surface area contributed by atoms with E-state index < -0.39 is 0 Å². The molecule has 0 aliphatic heterocycles. The number of halogens is 1. The molecular formula is C10H13FN2. The van der Waals surface area contributed by atoms with Crippen LogP contribution in [0.3, 0.4) is 0 Å². The summed E-state index contributed by atoms with van der Waals surface area (Å²) in [6.45, 7) is 1.95. The van der Waals surface area contributed by atoms with E-state index in [1.807, 2.05) is 6.92 Å². The van der Waals surface area contributed by atoms with E-state index >= 15 is 0 Å². The Morgan fingerprint density at radius 3 is 2.92 bits per heavy atom. The van der Waals surface area contributed by atoms with Gasteiger partial charge in [-0.15, -0.1) is 0 Å². The van der Waals surface area contributed by atoms with Crippen molar-refractivity contribution in [3.63, 3.8) is 0 Å². The summed E-state index contributed by atoms with van der Waals surface area (Å²) in [6.07, 6.45) is 1.70. The number of fused-ring (bicyclic) bond motifs is 1. The van der Waals surface area contributed by atoms with Crippen molar-refractivity contribution in [3.8, 4) is 0 Å². The molecule has 1 aliphatic rings. The SMILES string of the molecule is Cc1cc(N)c(F)c2c1CC[C@H]2N. The zero-order valence-corrected chi connectivity index (χ0v) is 7.60. The normalized spacial score (nSPS) is 20.4. The Hall–Kier alpha value is -1.09. The minimum atomic E-state index is -0.314. The predicted molar refractivity (Wildman–Crippen MR) is 50.8 cm³/mol. The van der Waals surface area contributed by atoms with Crippen LogP contribution in [0.25, 0.3) is 0 Å². The molecule has 0 radical (unpaired) electrons. The van der Waals surface area contributed by atoms with Crippen molar-refractivity contribution >= 4 is 5.69 Å². The molecule has 1 aromatic carbocycles. The molecule has 1 atom stereocenters. The maximum absolute atomic E-state index is 13.5.